The van der Waals surface area contributed by atoms with Crippen molar-refractivity contribution in [2.75, 3.05) is 6.54 Å². The van der Waals surface area contributed by atoms with E-state index in [9.17, 15) is 4.79 Å². The van der Waals surface area contributed by atoms with E-state index in [0.29, 0.717) is 23.3 Å². The third-order valence-electron chi connectivity index (χ3n) is 3.81. The zero-order valence-corrected chi connectivity index (χ0v) is 8.84. The van der Waals surface area contributed by atoms with Gasteiger partial charge in [-0.2, -0.15) is 0 Å². The van der Waals surface area contributed by atoms with Gasteiger partial charge < -0.3 is 4.90 Å². The molecular weight excluding hydrogens is 162 g/mol. The highest BCUT2D eigenvalue weighted by atomic mass is 16.2. The van der Waals surface area contributed by atoms with Gasteiger partial charge in [-0.05, 0) is 31.6 Å². The normalized spacial score (nSPS) is 32.2. The summed E-state index contributed by atoms with van der Waals surface area (Å²) in [6.45, 7) is 7.69. The Morgan fingerprint density at radius 1 is 1.38 bits per heavy atom. The third kappa shape index (κ3) is 1.47. The maximum Gasteiger partial charge on any atom is 0.225 e. The van der Waals surface area contributed by atoms with Gasteiger partial charge in [-0.3, -0.25) is 4.79 Å². The first-order valence-electron chi connectivity index (χ1n) is 5.33. The minimum Gasteiger partial charge on any atom is -0.339 e. The average Bonchev–Trinajstić information content (AvgIpc) is 2.82. The van der Waals surface area contributed by atoms with Crippen molar-refractivity contribution in [1.82, 2.24) is 4.90 Å². The highest BCUT2D eigenvalue weighted by Gasteiger charge is 2.43. The zero-order valence-electron chi connectivity index (χ0n) is 8.84. The van der Waals surface area contributed by atoms with Gasteiger partial charge in [0.1, 0.15) is 0 Å². The molecule has 74 valence electrons. The van der Waals surface area contributed by atoms with Gasteiger partial charge in [-0.25, -0.2) is 0 Å². The van der Waals surface area contributed by atoms with Crippen LogP contribution in [0.3, 0.4) is 0 Å². The molecule has 2 aliphatic rings. The molecular formula is C11H19NO. The maximum atomic E-state index is 11.8. The molecule has 0 aromatic rings. The van der Waals surface area contributed by atoms with Crippen LogP contribution in [-0.2, 0) is 4.79 Å². The molecule has 1 saturated carbocycles. The fourth-order valence-corrected chi connectivity index (χ4v) is 2.10. The van der Waals surface area contributed by atoms with Crippen molar-refractivity contribution in [1.29, 1.82) is 0 Å². The molecule has 1 saturated heterocycles. The standard InChI is InChI=1S/C11H19NO/c1-8-11(2,3)6-7-12(8)10(13)9-4-5-9/h8-9H,4-7H2,1-3H3. The lowest BCUT2D eigenvalue weighted by atomic mass is 9.86. The molecule has 1 aliphatic carbocycles. The first kappa shape index (κ1) is 9.04. The topological polar surface area (TPSA) is 20.3 Å². The van der Waals surface area contributed by atoms with Gasteiger partial charge in [0.2, 0.25) is 5.91 Å². The number of carbonyl (C=O) groups is 1. The number of nitrogens with zero attached hydrogens (tertiary/aromatic N) is 1. The summed E-state index contributed by atoms with van der Waals surface area (Å²) in [4.78, 5) is 13.9. The van der Waals surface area contributed by atoms with Crippen LogP contribution in [0.2, 0.25) is 0 Å². The third-order valence-corrected chi connectivity index (χ3v) is 3.81. The Labute approximate surface area is 80.3 Å². The molecule has 1 amide bonds. The summed E-state index contributed by atoms with van der Waals surface area (Å²) >= 11 is 0. The lowest BCUT2D eigenvalue weighted by Gasteiger charge is -2.29. The quantitative estimate of drug-likeness (QED) is 0.606. The highest BCUT2D eigenvalue weighted by molar-refractivity contribution is 5.81. The van der Waals surface area contributed by atoms with Crippen LogP contribution in [0.4, 0.5) is 0 Å². The fraction of sp³-hybridized carbons (Fsp3) is 0.909. The minimum absolute atomic E-state index is 0.324. The Hall–Kier alpha value is -0.530. The largest absolute Gasteiger partial charge is 0.339 e. The van der Waals surface area contributed by atoms with Crippen LogP contribution in [0.25, 0.3) is 0 Å². The minimum atomic E-state index is 0.324. The molecule has 2 heteroatoms. The van der Waals surface area contributed by atoms with Crippen LogP contribution in [0.15, 0.2) is 0 Å². The van der Waals surface area contributed by atoms with Gasteiger partial charge in [0, 0.05) is 18.5 Å². The molecule has 0 bridgehead atoms. The van der Waals surface area contributed by atoms with E-state index in [1.54, 1.807) is 0 Å². The van der Waals surface area contributed by atoms with Crippen molar-refractivity contribution < 1.29 is 4.79 Å². The molecule has 1 aliphatic heterocycles. The van der Waals surface area contributed by atoms with E-state index in [2.05, 4.69) is 25.7 Å². The van der Waals surface area contributed by atoms with Crippen molar-refractivity contribution in [3.63, 3.8) is 0 Å². The van der Waals surface area contributed by atoms with Crippen molar-refractivity contribution in [3.8, 4) is 0 Å². The number of hydrogen-bond donors (Lipinski definition) is 0. The molecule has 0 aromatic heterocycles. The smallest absolute Gasteiger partial charge is 0.225 e. The van der Waals surface area contributed by atoms with E-state index < -0.39 is 0 Å². The van der Waals surface area contributed by atoms with Gasteiger partial charge in [-0.15, -0.1) is 0 Å². The SMILES string of the molecule is CC1N(C(=O)C2CC2)CCC1(C)C. The number of likely N-dealkylation sites (tertiary alicyclic amines) is 1. The second-order valence-electron chi connectivity index (χ2n) is 5.22. The molecule has 2 rings (SSSR count). The van der Waals surface area contributed by atoms with Crippen LogP contribution in [0.5, 0.6) is 0 Å². The predicted molar refractivity (Wildman–Crippen MR) is 52.3 cm³/mol. The van der Waals surface area contributed by atoms with Crippen molar-refractivity contribution in [2.45, 2.75) is 46.1 Å². The molecule has 1 unspecified atom stereocenters. The number of rotatable bonds is 1. The van der Waals surface area contributed by atoms with E-state index >= 15 is 0 Å². The highest BCUT2D eigenvalue weighted by Crippen LogP contribution is 2.39. The summed E-state index contributed by atoms with van der Waals surface area (Å²) in [5.74, 6) is 0.800. The summed E-state index contributed by atoms with van der Waals surface area (Å²) in [6, 6.07) is 0.431. The molecule has 1 atom stereocenters. The first-order valence-corrected chi connectivity index (χ1v) is 5.33. The van der Waals surface area contributed by atoms with Gasteiger partial charge in [0.05, 0.1) is 0 Å². The molecule has 2 fully saturated rings. The van der Waals surface area contributed by atoms with E-state index in [-0.39, 0.29) is 0 Å². The monoisotopic (exact) mass is 181 g/mol. The number of hydrogen-bond acceptors (Lipinski definition) is 1. The lowest BCUT2D eigenvalue weighted by molar-refractivity contribution is -0.133. The molecule has 13 heavy (non-hydrogen) atoms. The predicted octanol–water partition coefficient (Wildman–Crippen LogP) is 2.04. The molecule has 0 aromatic carbocycles. The molecule has 2 nitrogen and oxygen atoms in total. The van der Waals surface area contributed by atoms with E-state index in [0.717, 1.165) is 25.8 Å². The second kappa shape index (κ2) is 2.73. The van der Waals surface area contributed by atoms with Crippen LogP contribution in [0.1, 0.15) is 40.0 Å². The summed E-state index contributed by atoms with van der Waals surface area (Å²) in [7, 11) is 0. The van der Waals surface area contributed by atoms with E-state index in [1.165, 1.54) is 0 Å². The zero-order chi connectivity index (χ0) is 9.64. The van der Waals surface area contributed by atoms with Crippen molar-refractivity contribution in [2.24, 2.45) is 11.3 Å². The average molecular weight is 181 g/mol. The van der Waals surface area contributed by atoms with Crippen LogP contribution in [0, 0.1) is 11.3 Å². The lowest BCUT2D eigenvalue weighted by Crippen LogP contribution is -2.39. The second-order valence-corrected chi connectivity index (χ2v) is 5.22. The van der Waals surface area contributed by atoms with Gasteiger partial charge in [0.25, 0.3) is 0 Å². The van der Waals surface area contributed by atoms with Crippen molar-refractivity contribution in [3.05, 3.63) is 0 Å². The van der Waals surface area contributed by atoms with Crippen LogP contribution >= 0.6 is 0 Å². The molecule has 1 heterocycles. The van der Waals surface area contributed by atoms with Crippen LogP contribution < -0.4 is 0 Å². The van der Waals surface area contributed by atoms with Gasteiger partial charge >= 0.3 is 0 Å². The van der Waals surface area contributed by atoms with Gasteiger partial charge in [-0.1, -0.05) is 13.8 Å². The fourth-order valence-electron chi connectivity index (χ4n) is 2.10. The molecule has 0 spiro atoms. The molecule has 0 radical (unpaired) electrons. The first-order chi connectivity index (χ1) is 6.02. The Kier molecular flexibility index (Phi) is 1.90. The summed E-state index contributed by atoms with van der Waals surface area (Å²) in [6.07, 6.45) is 3.41. The Balaban J connectivity index is 2.05. The number of carbonyl (C=O) groups excluding carboxylic acids is 1. The Bertz CT molecular complexity index is 230. The van der Waals surface area contributed by atoms with Crippen LogP contribution in [-0.4, -0.2) is 23.4 Å². The summed E-state index contributed by atoms with van der Waals surface area (Å²) < 4.78 is 0. The number of amides is 1. The maximum absolute atomic E-state index is 11.8. The van der Waals surface area contributed by atoms with E-state index in [4.69, 9.17) is 0 Å². The summed E-state index contributed by atoms with van der Waals surface area (Å²) in [5.41, 5.74) is 0.324. The van der Waals surface area contributed by atoms with E-state index in [1.807, 2.05) is 0 Å². The van der Waals surface area contributed by atoms with Crippen molar-refractivity contribution >= 4 is 5.91 Å². The Morgan fingerprint density at radius 2 is 2.00 bits per heavy atom. The Morgan fingerprint density at radius 3 is 2.38 bits per heavy atom. The summed E-state index contributed by atoms with van der Waals surface area (Å²) in [5, 5.41) is 0. The van der Waals surface area contributed by atoms with Gasteiger partial charge in [0.15, 0.2) is 0 Å². The molecule has 0 N–H and O–H groups in total.